The third-order valence-corrected chi connectivity index (χ3v) is 2.54. The van der Waals surface area contributed by atoms with E-state index in [1.165, 1.54) is 0 Å². The number of rotatable bonds is 6. The predicted octanol–water partition coefficient (Wildman–Crippen LogP) is 3.37. The summed E-state index contributed by atoms with van der Waals surface area (Å²) in [5.74, 6) is -0.812. The Morgan fingerprint density at radius 3 is 2.75 bits per heavy atom. The van der Waals surface area contributed by atoms with E-state index in [2.05, 4.69) is 0 Å². The molecule has 0 saturated heterocycles. The molecule has 16 heavy (non-hydrogen) atoms. The molecule has 0 amide bonds. The van der Waals surface area contributed by atoms with Gasteiger partial charge in [0.1, 0.15) is 0 Å². The van der Waals surface area contributed by atoms with Gasteiger partial charge >= 0.3 is 5.97 Å². The van der Waals surface area contributed by atoms with Crippen molar-refractivity contribution in [3.8, 4) is 0 Å². The first-order valence-corrected chi connectivity index (χ1v) is 5.58. The van der Waals surface area contributed by atoms with Gasteiger partial charge in [0.25, 0.3) is 0 Å². The predicted molar refractivity (Wildman–Crippen MR) is 63.0 cm³/mol. The molecule has 0 heterocycles. The van der Waals surface area contributed by atoms with E-state index < -0.39 is 5.97 Å². The Labute approximate surface area is 104 Å². The second-order valence-electron chi connectivity index (χ2n) is 3.29. The summed E-state index contributed by atoms with van der Waals surface area (Å²) in [7, 11) is 0. The van der Waals surface area contributed by atoms with E-state index in [-0.39, 0.29) is 6.42 Å². The Kier molecular flexibility index (Phi) is 5.60. The molecule has 0 atom stereocenters. The summed E-state index contributed by atoms with van der Waals surface area (Å²) >= 11 is 11.7. The summed E-state index contributed by atoms with van der Waals surface area (Å²) < 4.78 is 5.30. The van der Waals surface area contributed by atoms with Crippen LogP contribution >= 0.6 is 23.2 Å². The molecule has 0 fully saturated rings. The van der Waals surface area contributed by atoms with Gasteiger partial charge in [-0.15, -0.1) is 0 Å². The van der Waals surface area contributed by atoms with Gasteiger partial charge in [-0.2, -0.15) is 0 Å². The third-order valence-electron chi connectivity index (χ3n) is 1.95. The SMILES string of the molecule is O=C(O)CCCOCc1ccc(Cl)cc1Cl. The molecule has 0 saturated carbocycles. The molecule has 88 valence electrons. The number of benzene rings is 1. The van der Waals surface area contributed by atoms with E-state index in [1.807, 2.05) is 0 Å². The highest BCUT2D eigenvalue weighted by atomic mass is 35.5. The summed E-state index contributed by atoms with van der Waals surface area (Å²) in [4.78, 5) is 10.2. The average Bonchev–Trinajstić information content (AvgIpc) is 2.20. The molecule has 0 aromatic heterocycles. The molecule has 0 aliphatic heterocycles. The number of halogens is 2. The van der Waals surface area contributed by atoms with Gasteiger partial charge in [-0.05, 0) is 24.1 Å². The minimum absolute atomic E-state index is 0.119. The van der Waals surface area contributed by atoms with Crippen LogP contribution in [0.1, 0.15) is 18.4 Å². The smallest absolute Gasteiger partial charge is 0.303 e. The van der Waals surface area contributed by atoms with Crippen molar-refractivity contribution in [1.82, 2.24) is 0 Å². The Bertz CT molecular complexity index is 366. The van der Waals surface area contributed by atoms with Crippen molar-refractivity contribution in [3.05, 3.63) is 33.8 Å². The minimum atomic E-state index is -0.812. The van der Waals surface area contributed by atoms with E-state index in [9.17, 15) is 4.79 Å². The van der Waals surface area contributed by atoms with E-state index in [0.29, 0.717) is 29.7 Å². The van der Waals surface area contributed by atoms with Gasteiger partial charge in [-0.25, -0.2) is 0 Å². The maximum Gasteiger partial charge on any atom is 0.303 e. The number of hydrogen-bond donors (Lipinski definition) is 1. The van der Waals surface area contributed by atoms with E-state index >= 15 is 0 Å². The Morgan fingerprint density at radius 2 is 2.12 bits per heavy atom. The van der Waals surface area contributed by atoms with Crippen LogP contribution in [-0.2, 0) is 16.1 Å². The van der Waals surface area contributed by atoms with Crippen molar-refractivity contribution in [3.63, 3.8) is 0 Å². The van der Waals surface area contributed by atoms with Crippen molar-refractivity contribution < 1.29 is 14.6 Å². The highest BCUT2D eigenvalue weighted by molar-refractivity contribution is 6.35. The van der Waals surface area contributed by atoms with Gasteiger partial charge in [0.15, 0.2) is 0 Å². The molecule has 0 bridgehead atoms. The molecule has 1 rings (SSSR count). The fourth-order valence-electron chi connectivity index (χ4n) is 1.15. The van der Waals surface area contributed by atoms with Crippen molar-refractivity contribution in [1.29, 1.82) is 0 Å². The number of carbonyl (C=O) groups is 1. The lowest BCUT2D eigenvalue weighted by atomic mass is 10.2. The Balaban J connectivity index is 2.29. The standard InChI is InChI=1S/C11H12Cl2O3/c12-9-4-3-8(10(13)6-9)7-16-5-1-2-11(14)15/h3-4,6H,1-2,5,7H2,(H,14,15). The minimum Gasteiger partial charge on any atom is -0.481 e. The van der Waals surface area contributed by atoms with Crippen molar-refractivity contribution in [2.45, 2.75) is 19.4 Å². The van der Waals surface area contributed by atoms with Crippen LogP contribution in [0.3, 0.4) is 0 Å². The van der Waals surface area contributed by atoms with E-state index in [0.717, 1.165) is 5.56 Å². The lowest BCUT2D eigenvalue weighted by molar-refractivity contribution is -0.137. The van der Waals surface area contributed by atoms with E-state index in [1.54, 1.807) is 18.2 Å². The summed E-state index contributed by atoms with van der Waals surface area (Å²) in [5.41, 5.74) is 0.849. The van der Waals surface area contributed by atoms with Crippen LogP contribution in [0.5, 0.6) is 0 Å². The van der Waals surface area contributed by atoms with Crippen LogP contribution in [0.25, 0.3) is 0 Å². The number of carboxylic acids is 1. The molecular weight excluding hydrogens is 251 g/mol. The lowest BCUT2D eigenvalue weighted by Crippen LogP contribution is -2.00. The van der Waals surface area contributed by atoms with Gasteiger partial charge in [0, 0.05) is 23.1 Å². The largest absolute Gasteiger partial charge is 0.481 e. The van der Waals surface area contributed by atoms with Crippen molar-refractivity contribution in [2.75, 3.05) is 6.61 Å². The van der Waals surface area contributed by atoms with Gasteiger partial charge in [-0.3, -0.25) is 4.79 Å². The quantitative estimate of drug-likeness (QED) is 0.800. The molecule has 3 nitrogen and oxygen atoms in total. The lowest BCUT2D eigenvalue weighted by Gasteiger charge is -2.05. The number of aliphatic carboxylic acids is 1. The monoisotopic (exact) mass is 262 g/mol. The molecule has 0 spiro atoms. The first-order valence-electron chi connectivity index (χ1n) is 4.83. The molecule has 0 radical (unpaired) electrons. The van der Waals surface area contributed by atoms with Crippen LogP contribution in [-0.4, -0.2) is 17.7 Å². The molecule has 0 aliphatic carbocycles. The second-order valence-corrected chi connectivity index (χ2v) is 4.13. The third kappa shape index (κ3) is 4.84. The fraction of sp³-hybridized carbons (Fsp3) is 0.364. The topological polar surface area (TPSA) is 46.5 Å². The molecule has 5 heteroatoms. The van der Waals surface area contributed by atoms with Crippen molar-refractivity contribution in [2.24, 2.45) is 0 Å². The van der Waals surface area contributed by atoms with Gasteiger partial charge in [-0.1, -0.05) is 29.3 Å². The molecule has 0 aliphatic rings. The molecular formula is C11H12Cl2O3. The normalized spacial score (nSPS) is 10.4. The van der Waals surface area contributed by atoms with Crippen LogP contribution in [0.2, 0.25) is 10.0 Å². The van der Waals surface area contributed by atoms with Gasteiger partial charge in [0.05, 0.1) is 6.61 Å². The second kappa shape index (κ2) is 6.74. The van der Waals surface area contributed by atoms with Crippen molar-refractivity contribution >= 4 is 29.2 Å². The van der Waals surface area contributed by atoms with Crippen LogP contribution in [0.15, 0.2) is 18.2 Å². The van der Waals surface area contributed by atoms with Gasteiger partial charge in [0.2, 0.25) is 0 Å². The molecule has 1 N–H and O–H groups in total. The number of ether oxygens (including phenoxy) is 1. The van der Waals surface area contributed by atoms with Crippen LogP contribution in [0.4, 0.5) is 0 Å². The zero-order valence-corrected chi connectivity index (χ0v) is 10.1. The van der Waals surface area contributed by atoms with Crippen LogP contribution < -0.4 is 0 Å². The number of carboxylic acid groups (broad SMARTS) is 1. The maximum absolute atomic E-state index is 10.2. The summed E-state index contributed by atoms with van der Waals surface area (Å²) in [6.45, 7) is 0.779. The highest BCUT2D eigenvalue weighted by Crippen LogP contribution is 2.21. The van der Waals surface area contributed by atoms with Gasteiger partial charge < -0.3 is 9.84 Å². The maximum atomic E-state index is 10.2. The zero-order valence-electron chi connectivity index (χ0n) is 8.58. The molecule has 0 unspecified atom stereocenters. The summed E-state index contributed by atoms with van der Waals surface area (Å²) in [6.07, 6.45) is 0.620. The highest BCUT2D eigenvalue weighted by Gasteiger charge is 2.02. The molecule has 1 aromatic carbocycles. The first kappa shape index (κ1) is 13.3. The molecule has 1 aromatic rings. The summed E-state index contributed by atoms with van der Waals surface area (Å²) in [5, 5.41) is 9.56. The number of hydrogen-bond acceptors (Lipinski definition) is 2. The Morgan fingerprint density at radius 1 is 1.38 bits per heavy atom. The zero-order chi connectivity index (χ0) is 12.0. The van der Waals surface area contributed by atoms with Crippen LogP contribution in [0, 0.1) is 0 Å². The van der Waals surface area contributed by atoms with E-state index in [4.69, 9.17) is 33.0 Å². The first-order chi connectivity index (χ1) is 7.59. The average molecular weight is 263 g/mol. The Hall–Kier alpha value is -0.770. The fourth-order valence-corrected chi connectivity index (χ4v) is 1.61. The summed E-state index contributed by atoms with van der Waals surface area (Å²) in [6, 6.07) is 5.18.